The monoisotopic (exact) mass is 387 g/mol. The fourth-order valence-corrected chi connectivity index (χ4v) is 2.90. The molecule has 0 heterocycles. The highest BCUT2D eigenvalue weighted by atomic mass is 35.5. The summed E-state index contributed by atoms with van der Waals surface area (Å²) in [7, 11) is 0. The van der Waals surface area contributed by atoms with Gasteiger partial charge in [0.1, 0.15) is 0 Å². The summed E-state index contributed by atoms with van der Waals surface area (Å²) in [6.07, 6.45) is 8.48. The van der Waals surface area contributed by atoms with E-state index in [2.05, 4.69) is 12.2 Å². The first-order chi connectivity index (χ1) is 11.5. The first-order valence-electron chi connectivity index (χ1n) is 8.15. The van der Waals surface area contributed by atoms with Gasteiger partial charge in [0.15, 0.2) is 0 Å². The molecule has 24 heavy (non-hydrogen) atoms. The molecule has 0 spiro atoms. The van der Waals surface area contributed by atoms with Crippen LogP contribution in [0.3, 0.4) is 0 Å². The normalized spacial score (nSPS) is 11.0. The number of amides is 1. The van der Waals surface area contributed by atoms with Crippen molar-refractivity contribution in [2.45, 2.75) is 45.4 Å². The molecule has 1 N–H and O–H groups in total. The van der Waals surface area contributed by atoms with E-state index in [9.17, 15) is 9.59 Å². The number of carbonyl (C=O) groups is 2. The molecule has 1 aromatic rings. The summed E-state index contributed by atoms with van der Waals surface area (Å²) in [5.41, 5.74) is 0.450. The van der Waals surface area contributed by atoms with E-state index in [1.807, 2.05) is 0 Å². The van der Waals surface area contributed by atoms with Crippen LogP contribution in [-0.2, 0) is 4.79 Å². The van der Waals surface area contributed by atoms with Crippen molar-refractivity contribution >= 4 is 46.0 Å². The van der Waals surface area contributed by atoms with Crippen molar-refractivity contribution in [1.29, 1.82) is 0 Å². The minimum Gasteiger partial charge on any atom is -0.353 e. The number of carbonyl (C=O) groups excluding carboxylic acids is 2. The fraction of sp³-hybridized carbons (Fsp3) is 0.444. The number of unbranched alkanes of at least 4 members (excludes halogenated alkanes) is 5. The van der Waals surface area contributed by atoms with Crippen molar-refractivity contribution in [2.75, 3.05) is 6.54 Å². The summed E-state index contributed by atoms with van der Waals surface area (Å²) < 4.78 is 0. The molecule has 0 aliphatic rings. The molecule has 0 aromatic heterocycles. The molecule has 0 fully saturated rings. The second kappa shape index (κ2) is 12.4. The zero-order chi connectivity index (χ0) is 17.8. The third-order valence-electron chi connectivity index (χ3n) is 3.38. The zero-order valence-electron chi connectivity index (χ0n) is 13.8. The number of rotatable bonds is 10. The molecule has 0 radical (unpaired) electrons. The highest BCUT2D eigenvalue weighted by molar-refractivity contribution is 8.16. The maximum absolute atomic E-state index is 12.0. The molecule has 0 saturated carbocycles. The lowest BCUT2D eigenvalue weighted by atomic mass is 10.1. The molecule has 1 amide bonds. The van der Waals surface area contributed by atoms with Crippen LogP contribution in [0.25, 0.3) is 0 Å². The van der Waals surface area contributed by atoms with Gasteiger partial charge in [0.2, 0.25) is 11.0 Å². The summed E-state index contributed by atoms with van der Waals surface area (Å²) in [6.45, 7) is 2.86. The van der Waals surface area contributed by atoms with Gasteiger partial charge in [-0.3, -0.25) is 9.59 Å². The van der Waals surface area contributed by atoms with E-state index in [1.54, 1.807) is 12.1 Å². The van der Waals surface area contributed by atoms with Crippen molar-refractivity contribution in [1.82, 2.24) is 5.32 Å². The van der Waals surface area contributed by atoms with E-state index < -0.39 is 0 Å². The Bertz CT molecular complexity index is 576. The first kappa shape index (κ1) is 21.1. The Balaban J connectivity index is 2.22. The molecule has 0 bridgehead atoms. The molecular weight excluding hydrogens is 365 g/mol. The third-order valence-corrected chi connectivity index (χ3v) is 4.84. The van der Waals surface area contributed by atoms with Crippen LogP contribution in [0.1, 0.15) is 55.8 Å². The zero-order valence-corrected chi connectivity index (χ0v) is 16.1. The van der Waals surface area contributed by atoms with Gasteiger partial charge >= 0.3 is 0 Å². The lowest BCUT2D eigenvalue weighted by molar-refractivity contribution is -0.116. The van der Waals surface area contributed by atoms with Gasteiger partial charge in [-0.05, 0) is 30.0 Å². The molecule has 1 rings (SSSR count). The van der Waals surface area contributed by atoms with Crippen LogP contribution in [0.15, 0.2) is 29.7 Å². The number of hydrogen-bond acceptors (Lipinski definition) is 3. The topological polar surface area (TPSA) is 46.2 Å². The van der Waals surface area contributed by atoms with E-state index in [0.29, 0.717) is 22.2 Å². The first-order valence-corrected chi connectivity index (χ1v) is 9.78. The summed E-state index contributed by atoms with van der Waals surface area (Å²) in [5.74, 6) is -0.182. The second-order valence-corrected chi connectivity index (χ2v) is 7.09. The van der Waals surface area contributed by atoms with Crippen LogP contribution in [0.5, 0.6) is 0 Å². The van der Waals surface area contributed by atoms with Crippen LogP contribution >= 0.6 is 35.0 Å². The van der Waals surface area contributed by atoms with Crippen molar-refractivity contribution in [3.05, 3.63) is 45.3 Å². The molecule has 0 aliphatic heterocycles. The van der Waals surface area contributed by atoms with Gasteiger partial charge in [0.25, 0.3) is 0 Å². The third kappa shape index (κ3) is 8.76. The standard InChI is InChI=1S/C18H23Cl2NO2S/c1-2-3-4-5-6-7-11-21-17(22)10-12-24-18(23)14-8-9-15(19)16(20)13-14/h8-10,12-13H,2-7,11H2,1H3,(H,21,22)/b12-10-. The summed E-state index contributed by atoms with van der Waals surface area (Å²) >= 11 is 12.6. The molecule has 0 saturated heterocycles. The van der Waals surface area contributed by atoms with E-state index in [4.69, 9.17) is 23.2 Å². The number of thioether (sulfide) groups is 1. The molecule has 3 nitrogen and oxygen atoms in total. The molecule has 6 heteroatoms. The molecular formula is C18H23Cl2NO2S. The molecule has 0 aliphatic carbocycles. The highest BCUT2D eigenvalue weighted by Crippen LogP contribution is 2.24. The average Bonchev–Trinajstić information content (AvgIpc) is 2.56. The Morgan fingerprint density at radius 1 is 1.08 bits per heavy atom. The summed E-state index contributed by atoms with van der Waals surface area (Å²) in [5, 5.41) is 4.86. The molecule has 0 atom stereocenters. The predicted molar refractivity (Wildman–Crippen MR) is 104 cm³/mol. The molecule has 0 unspecified atom stereocenters. The van der Waals surface area contributed by atoms with Gasteiger partial charge < -0.3 is 5.32 Å². The Labute approximate surface area is 158 Å². The van der Waals surface area contributed by atoms with E-state index in [1.165, 1.54) is 43.2 Å². The van der Waals surface area contributed by atoms with Gasteiger partial charge in [-0.15, -0.1) is 0 Å². The smallest absolute Gasteiger partial charge is 0.244 e. The van der Waals surface area contributed by atoms with Gasteiger partial charge in [-0.1, -0.05) is 74.0 Å². The number of benzene rings is 1. The quantitative estimate of drug-likeness (QED) is 0.404. The molecule has 132 valence electrons. The Kier molecular flexibility index (Phi) is 10.9. The minimum absolute atomic E-state index is 0.182. The average molecular weight is 388 g/mol. The van der Waals surface area contributed by atoms with Crippen LogP contribution in [-0.4, -0.2) is 17.6 Å². The Morgan fingerprint density at radius 2 is 1.79 bits per heavy atom. The number of hydrogen-bond donors (Lipinski definition) is 1. The van der Waals surface area contributed by atoms with Crippen LogP contribution in [0, 0.1) is 0 Å². The largest absolute Gasteiger partial charge is 0.353 e. The second-order valence-electron chi connectivity index (χ2n) is 5.40. The maximum Gasteiger partial charge on any atom is 0.244 e. The minimum atomic E-state index is -0.187. The van der Waals surface area contributed by atoms with E-state index in [-0.39, 0.29) is 11.0 Å². The maximum atomic E-state index is 12.0. The number of nitrogens with one attached hydrogen (secondary N) is 1. The van der Waals surface area contributed by atoms with Gasteiger partial charge in [-0.2, -0.15) is 0 Å². The lowest BCUT2D eigenvalue weighted by Gasteiger charge is -2.02. The van der Waals surface area contributed by atoms with Gasteiger partial charge in [0, 0.05) is 18.2 Å². The van der Waals surface area contributed by atoms with E-state index in [0.717, 1.165) is 24.6 Å². The van der Waals surface area contributed by atoms with Crippen molar-refractivity contribution in [3.8, 4) is 0 Å². The summed E-state index contributed by atoms with van der Waals surface area (Å²) in [6, 6.07) is 4.70. The van der Waals surface area contributed by atoms with Crippen LogP contribution in [0.4, 0.5) is 0 Å². The molecule has 1 aromatic carbocycles. The van der Waals surface area contributed by atoms with E-state index >= 15 is 0 Å². The van der Waals surface area contributed by atoms with Gasteiger partial charge in [0.05, 0.1) is 10.0 Å². The Morgan fingerprint density at radius 3 is 2.50 bits per heavy atom. The van der Waals surface area contributed by atoms with Crippen LogP contribution in [0.2, 0.25) is 10.0 Å². The SMILES string of the molecule is CCCCCCCCNC(=O)/C=C\SC(=O)c1ccc(Cl)c(Cl)c1. The van der Waals surface area contributed by atoms with Crippen LogP contribution < -0.4 is 5.32 Å². The fourth-order valence-electron chi connectivity index (χ4n) is 2.02. The summed E-state index contributed by atoms with van der Waals surface area (Å²) in [4.78, 5) is 23.6. The van der Waals surface area contributed by atoms with Crippen molar-refractivity contribution < 1.29 is 9.59 Å². The number of halogens is 2. The van der Waals surface area contributed by atoms with Crippen molar-refractivity contribution in [2.24, 2.45) is 0 Å². The Hall–Kier alpha value is -0.970. The lowest BCUT2D eigenvalue weighted by Crippen LogP contribution is -2.21. The van der Waals surface area contributed by atoms with Gasteiger partial charge in [-0.25, -0.2) is 0 Å². The highest BCUT2D eigenvalue weighted by Gasteiger charge is 2.07. The van der Waals surface area contributed by atoms with Crippen molar-refractivity contribution in [3.63, 3.8) is 0 Å². The predicted octanol–water partition coefficient (Wildman–Crippen LogP) is 5.86.